The van der Waals surface area contributed by atoms with Crippen molar-refractivity contribution in [2.75, 3.05) is 18.0 Å². The molecule has 3 N–H and O–H groups in total. The van der Waals surface area contributed by atoms with Gasteiger partial charge in [0.2, 0.25) is 5.91 Å². The van der Waals surface area contributed by atoms with E-state index in [4.69, 9.17) is 17.3 Å². The number of nitrogens with two attached hydrogens (primary N) is 1. The molecule has 1 aromatic carbocycles. The fraction of sp³-hybridized carbons (Fsp3) is 0.462. The number of benzene rings is 1. The Hall–Kier alpha value is -1.26. The number of carbonyl (C=O) groups is 1. The Kier molecular flexibility index (Phi) is 3.50. The summed E-state index contributed by atoms with van der Waals surface area (Å²) in [5.41, 5.74) is 6.62. The van der Waals surface area contributed by atoms with Crippen molar-refractivity contribution in [3.05, 3.63) is 28.8 Å². The van der Waals surface area contributed by atoms with Crippen LogP contribution in [0.1, 0.15) is 18.9 Å². The Morgan fingerprint density at radius 1 is 1.61 bits per heavy atom. The topological polar surface area (TPSA) is 66.6 Å². The number of aliphatic hydroxyl groups is 1. The Balaban J connectivity index is 2.29. The number of carbonyl (C=O) groups excluding carboxylic acids is 1. The molecule has 1 amide bonds. The van der Waals surface area contributed by atoms with Gasteiger partial charge in [-0.1, -0.05) is 17.7 Å². The first-order valence-electron chi connectivity index (χ1n) is 5.90. The second kappa shape index (κ2) is 4.78. The molecule has 0 aliphatic carbocycles. The molecule has 0 radical (unpaired) electrons. The highest BCUT2D eigenvalue weighted by molar-refractivity contribution is 6.30. The zero-order valence-corrected chi connectivity index (χ0v) is 11.1. The van der Waals surface area contributed by atoms with Crippen LogP contribution in [-0.4, -0.2) is 24.1 Å². The average molecular weight is 269 g/mol. The lowest BCUT2D eigenvalue weighted by Gasteiger charge is -2.24. The van der Waals surface area contributed by atoms with Gasteiger partial charge in [0.15, 0.2) is 0 Å². The van der Waals surface area contributed by atoms with E-state index >= 15 is 0 Å². The van der Waals surface area contributed by atoms with Crippen LogP contribution in [0.5, 0.6) is 0 Å². The maximum absolute atomic E-state index is 11.4. The first-order chi connectivity index (χ1) is 8.46. The Morgan fingerprint density at radius 3 is 2.89 bits per heavy atom. The van der Waals surface area contributed by atoms with E-state index in [0.717, 1.165) is 24.2 Å². The van der Waals surface area contributed by atoms with Crippen molar-refractivity contribution in [2.24, 2.45) is 11.1 Å². The van der Waals surface area contributed by atoms with E-state index in [9.17, 15) is 9.90 Å². The third-order valence-electron chi connectivity index (χ3n) is 3.63. The van der Waals surface area contributed by atoms with Crippen LogP contribution in [0.15, 0.2) is 18.2 Å². The maximum Gasteiger partial charge on any atom is 0.225 e. The van der Waals surface area contributed by atoms with Crippen molar-refractivity contribution < 1.29 is 9.90 Å². The van der Waals surface area contributed by atoms with Gasteiger partial charge in [0, 0.05) is 29.4 Å². The number of amides is 1. The van der Waals surface area contributed by atoms with Gasteiger partial charge in [0.1, 0.15) is 0 Å². The van der Waals surface area contributed by atoms with E-state index in [0.29, 0.717) is 11.6 Å². The van der Waals surface area contributed by atoms with Gasteiger partial charge >= 0.3 is 0 Å². The molecule has 4 nitrogen and oxygen atoms in total. The second-order valence-corrected chi connectivity index (χ2v) is 5.46. The van der Waals surface area contributed by atoms with Crippen LogP contribution in [0.3, 0.4) is 0 Å². The molecule has 1 saturated heterocycles. The highest BCUT2D eigenvalue weighted by Gasteiger charge is 2.39. The van der Waals surface area contributed by atoms with Crippen LogP contribution in [-0.2, 0) is 11.4 Å². The summed E-state index contributed by atoms with van der Waals surface area (Å²) in [6, 6.07) is 5.37. The van der Waals surface area contributed by atoms with Gasteiger partial charge in [-0.2, -0.15) is 0 Å². The number of aliphatic hydroxyl groups excluding tert-OH is 1. The number of halogens is 1. The van der Waals surface area contributed by atoms with Gasteiger partial charge in [0.05, 0.1) is 12.0 Å². The highest BCUT2D eigenvalue weighted by Crippen LogP contribution is 2.35. The molecule has 1 heterocycles. The number of hydrogen-bond donors (Lipinski definition) is 2. The quantitative estimate of drug-likeness (QED) is 0.874. The van der Waals surface area contributed by atoms with E-state index in [1.807, 2.05) is 13.0 Å². The van der Waals surface area contributed by atoms with Crippen molar-refractivity contribution in [3.8, 4) is 0 Å². The molecule has 1 aliphatic rings. The standard InChI is InChI=1S/C13H17ClN2O2/c1-13(12(15)18)4-5-16(8-13)11-6-10(14)3-2-9(11)7-17/h2-3,6,17H,4-5,7-8H2,1H3,(H2,15,18). The van der Waals surface area contributed by atoms with Gasteiger partial charge in [-0.05, 0) is 25.5 Å². The second-order valence-electron chi connectivity index (χ2n) is 5.03. The lowest BCUT2D eigenvalue weighted by Crippen LogP contribution is -2.37. The van der Waals surface area contributed by atoms with Crippen molar-refractivity contribution in [3.63, 3.8) is 0 Å². The van der Waals surface area contributed by atoms with Crippen LogP contribution in [0, 0.1) is 5.41 Å². The van der Waals surface area contributed by atoms with Crippen LogP contribution >= 0.6 is 11.6 Å². The molecule has 1 atom stereocenters. The predicted octanol–water partition coefficient (Wildman–Crippen LogP) is 1.53. The van der Waals surface area contributed by atoms with Crippen molar-refractivity contribution >= 4 is 23.2 Å². The van der Waals surface area contributed by atoms with E-state index in [2.05, 4.69) is 4.90 Å². The maximum atomic E-state index is 11.4. The van der Waals surface area contributed by atoms with Crippen LogP contribution in [0.25, 0.3) is 0 Å². The summed E-state index contributed by atoms with van der Waals surface area (Å²) in [6.07, 6.45) is 0.722. The third-order valence-corrected chi connectivity index (χ3v) is 3.86. The van der Waals surface area contributed by atoms with E-state index in [-0.39, 0.29) is 12.5 Å². The van der Waals surface area contributed by atoms with Crippen molar-refractivity contribution in [1.29, 1.82) is 0 Å². The fourth-order valence-corrected chi connectivity index (χ4v) is 2.50. The minimum Gasteiger partial charge on any atom is -0.392 e. The molecule has 1 fully saturated rings. The molecular weight excluding hydrogens is 252 g/mol. The summed E-state index contributed by atoms with van der Waals surface area (Å²) in [5, 5.41) is 9.97. The van der Waals surface area contributed by atoms with Crippen LogP contribution in [0.2, 0.25) is 5.02 Å². The summed E-state index contributed by atoms with van der Waals surface area (Å²) in [6.45, 7) is 3.14. The molecule has 0 saturated carbocycles. The van der Waals surface area contributed by atoms with Gasteiger partial charge in [-0.15, -0.1) is 0 Å². The van der Waals surface area contributed by atoms with Gasteiger partial charge in [-0.25, -0.2) is 0 Å². The summed E-state index contributed by atoms with van der Waals surface area (Å²) < 4.78 is 0. The first kappa shape index (κ1) is 13.2. The van der Waals surface area contributed by atoms with Gasteiger partial charge in [0.25, 0.3) is 0 Å². The monoisotopic (exact) mass is 268 g/mol. The molecule has 2 rings (SSSR count). The molecule has 0 aromatic heterocycles. The molecule has 5 heteroatoms. The smallest absolute Gasteiger partial charge is 0.225 e. The Morgan fingerprint density at radius 2 is 2.33 bits per heavy atom. The molecule has 1 unspecified atom stereocenters. The molecule has 1 aromatic rings. The molecule has 1 aliphatic heterocycles. The summed E-state index contributed by atoms with van der Waals surface area (Å²) >= 11 is 5.99. The largest absolute Gasteiger partial charge is 0.392 e. The number of rotatable bonds is 3. The zero-order chi connectivity index (χ0) is 13.3. The fourth-order valence-electron chi connectivity index (χ4n) is 2.33. The highest BCUT2D eigenvalue weighted by atomic mass is 35.5. The third kappa shape index (κ3) is 2.31. The van der Waals surface area contributed by atoms with Crippen LogP contribution < -0.4 is 10.6 Å². The predicted molar refractivity (Wildman–Crippen MR) is 71.5 cm³/mol. The minimum absolute atomic E-state index is 0.0453. The number of nitrogens with zero attached hydrogens (tertiary/aromatic N) is 1. The van der Waals surface area contributed by atoms with Crippen molar-refractivity contribution in [2.45, 2.75) is 20.0 Å². The van der Waals surface area contributed by atoms with E-state index in [1.165, 1.54) is 0 Å². The Bertz CT molecular complexity index is 478. The van der Waals surface area contributed by atoms with E-state index < -0.39 is 5.41 Å². The van der Waals surface area contributed by atoms with Gasteiger partial charge < -0.3 is 15.7 Å². The minimum atomic E-state index is -0.505. The number of anilines is 1. The van der Waals surface area contributed by atoms with E-state index in [1.54, 1.807) is 12.1 Å². The molecule has 18 heavy (non-hydrogen) atoms. The lowest BCUT2D eigenvalue weighted by atomic mass is 9.89. The zero-order valence-electron chi connectivity index (χ0n) is 10.3. The van der Waals surface area contributed by atoms with Crippen LogP contribution in [0.4, 0.5) is 5.69 Å². The molecule has 0 spiro atoms. The number of hydrogen-bond acceptors (Lipinski definition) is 3. The first-order valence-corrected chi connectivity index (χ1v) is 6.28. The Labute approximate surface area is 111 Å². The molecule has 0 bridgehead atoms. The lowest BCUT2D eigenvalue weighted by molar-refractivity contribution is -0.125. The molecular formula is C13H17ClN2O2. The molecule has 98 valence electrons. The van der Waals surface area contributed by atoms with Crippen molar-refractivity contribution in [1.82, 2.24) is 0 Å². The summed E-state index contributed by atoms with van der Waals surface area (Å²) in [7, 11) is 0. The normalized spacial score (nSPS) is 23.4. The van der Waals surface area contributed by atoms with Gasteiger partial charge in [-0.3, -0.25) is 4.79 Å². The SMILES string of the molecule is CC1(C(N)=O)CCN(c2cc(Cl)ccc2CO)C1. The summed E-state index contributed by atoms with van der Waals surface area (Å²) in [5.74, 6) is -0.280. The summed E-state index contributed by atoms with van der Waals surface area (Å²) in [4.78, 5) is 13.5. The number of primary amides is 1. The average Bonchev–Trinajstić information content (AvgIpc) is 2.73.